The molecule has 0 saturated heterocycles. The first-order chi connectivity index (χ1) is 8.41. The zero-order valence-electron chi connectivity index (χ0n) is 10.7. The van der Waals surface area contributed by atoms with Gasteiger partial charge in [-0.2, -0.15) is 22.6 Å². The number of nitrogens with zero attached hydrogens (tertiary/aromatic N) is 3. The molecule has 4 N–H and O–H groups in total. The van der Waals surface area contributed by atoms with Gasteiger partial charge >= 0.3 is 0 Å². The number of rotatable bonds is 4. The maximum Gasteiger partial charge on any atom is 0.224 e. The Balaban J connectivity index is 2.39. The van der Waals surface area contributed by atoms with Crippen LogP contribution in [0.15, 0.2) is 6.33 Å². The van der Waals surface area contributed by atoms with Gasteiger partial charge in [-0.15, -0.1) is 0 Å². The maximum absolute atomic E-state index is 5.67. The minimum atomic E-state index is -0.166. The highest BCUT2D eigenvalue weighted by Crippen LogP contribution is 2.26. The van der Waals surface area contributed by atoms with E-state index in [1.807, 2.05) is 0 Å². The van der Waals surface area contributed by atoms with Gasteiger partial charge in [0, 0.05) is 10.8 Å². The van der Waals surface area contributed by atoms with E-state index in [4.69, 9.17) is 5.73 Å². The molecule has 2 heterocycles. The summed E-state index contributed by atoms with van der Waals surface area (Å²) in [5.74, 6) is 0.882. The molecule has 2 aromatic rings. The van der Waals surface area contributed by atoms with E-state index in [2.05, 4.69) is 58.7 Å². The Hall–Kier alpha value is -1.50. The van der Waals surface area contributed by atoms with Crippen LogP contribution < -0.4 is 11.1 Å². The third-order valence-corrected chi connectivity index (χ3v) is 3.19. The Morgan fingerprint density at radius 1 is 1.50 bits per heavy atom. The lowest BCUT2D eigenvalue weighted by atomic mass is 10.0. The van der Waals surface area contributed by atoms with E-state index in [9.17, 15) is 0 Å². The Morgan fingerprint density at radius 3 is 2.83 bits per heavy atom. The van der Waals surface area contributed by atoms with Gasteiger partial charge in [0.15, 0.2) is 11.5 Å². The molecule has 2 aromatic heterocycles. The number of H-pyrrole nitrogens is 1. The van der Waals surface area contributed by atoms with Crippen LogP contribution in [0.5, 0.6) is 0 Å². The highest BCUT2D eigenvalue weighted by atomic mass is 32.1. The number of fused-ring (bicyclic) bond motifs is 1. The van der Waals surface area contributed by atoms with E-state index < -0.39 is 0 Å². The van der Waals surface area contributed by atoms with Gasteiger partial charge in [-0.3, -0.25) is 0 Å². The van der Waals surface area contributed by atoms with Crippen molar-refractivity contribution in [3.8, 4) is 0 Å². The normalized spacial score (nSPS) is 13.8. The minimum absolute atomic E-state index is 0.166. The van der Waals surface area contributed by atoms with E-state index in [1.165, 1.54) is 0 Å². The molecule has 98 valence electrons. The molecular formula is C11H18N6S. The molecule has 2 rings (SSSR count). The van der Waals surface area contributed by atoms with E-state index >= 15 is 0 Å². The van der Waals surface area contributed by atoms with Gasteiger partial charge in [-0.25, -0.2) is 4.98 Å². The SMILES string of the molecule is CCC(Nc1nc(N)nc2nc[nH]c12)C(C)(C)S. The fourth-order valence-corrected chi connectivity index (χ4v) is 2.14. The Kier molecular flexibility index (Phi) is 3.34. The molecule has 0 saturated carbocycles. The van der Waals surface area contributed by atoms with Crippen LogP contribution in [0.4, 0.5) is 11.8 Å². The summed E-state index contributed by atoms with van der Waals surface area (Å²) < 4.78 is -0.166. The Bertz CT molecular complexity index is 544. The number of aromatic amines is 1. The van der Waals surface area contributed by atoms with E-state index in [0.29, 0.717) is 11.5 Å². The largest absolute Gasteiger partial charge is 0.368 e. The fourth-order valence-electron chi connectivity index (χ4n) is 1.90. The van der Waals surface area contributed by atoms with Crippen LogP contribution in [-0.2, 0) is 0 Å². The molecule has 0 fully saturated rings. The lowest BCUT2D eigenvalue weighted by Crippen LogP contribution is -2.37. The van der Waals surface area contributed by atoms with Crippen LogP contribution in [0.3, 0.4) is 0 Å². The van der Waals surface area contributed by atoms with Crippen LogP contribution in [0.2, 0.25) is 0 Å². The smallest absolute Gasteiger partial charge is 0.224 e. The topological polar surface area (TPSA) is 92.5 Å². The molecule has 18 heavy (non-hydrogen) atoms. The summed E-state index contributed by atoms with van der Waals surface area (Å²) in [4.78, 5) is 15.4. The van der Waals surface area contributed by atoms with Gasteiger partial charge in [-0.05, 0) is 20.3 Å². The van der Waals surface area contributed by atoms with Crippen molar-refractivity contribution in [3.05, 3.63) is 6.33 Å². The lowest BCUT2D eigenvalue weighted by molar-refractivity contribution is 0.558. The van der Waals surface area contributed by atoms with Crippen LogP contribution in [0.1, 0.15) is 27.2 Å². The predicted molar refractivity (Wildman–Crippen MR) is 76.9 cm³/mol. The average molecular weight is 266 g/mol. The third-order valence-electron chi connectivity index (χ3n) is 2.87. The minimum Gasteiger partial charge on any atom is -0.368 e. The number of aromatic nitrogens is 4. The zero-order valence-corrected chi connectivity index (χ0v) is 11.6. The molecule has 0 aliphatic rings. The molecule has 1 unspecified atom stereocenters. The van der Waals surface area contributed by atoms with E-state index in [0.717, 1.165) is 11.9 Å². The highest BCUT2D eigenvalue weighted by molar-refractivity contribution is 7.81. The summed E-state index contributed by atoms with van der Waals surface area (Å²) in [5, 5.41) is 3.36. The summed E-state index contributed by atoms with van der Waals surface area (Å²) >= 11 is 4.60. The predicted octanol–water partition coefficient (Wildman–Crippen LogP) is 1.83. The quantitative estimate of drug-likeness (QED) is 0.634. The zero-order chi connectivity index (χ0) is 13.3. The number of imidazole rings is 1. The summed E-state index contributed by atoms with van der Waals surface area (Å²) in [6.45, 7) is 6.22. The molecule has 6 nitrogen and oxygen atoms in total. The maximum atomic E-state index is 5.67. The molecule has 0 spiro atoms. The molecule has 0 aromatic carbocycles. The van der Waals surface area contributed by atoms with Crippen molar-refractivity contribution in [2.45, 2.75) is 38.0 Å². The Labute approximate surface area is 111 Å². The summed E-state index contributed by atoms with van der Waals surface area (Å²) in [7, 11) is 0. The van der Waals surface area contributed by atoms with Crippen molar-refractivity contribution in [2.75, 3.05) is 11.1 Å². The van der Waals surface area contributed by atoms with Crippen molar-refractivity contribution in [1.29, 1.82) is 0 Å². The van der Waals surface area contributed by atoms with Gasteiger partial charge < -0.3 is 16.0 Å². The summed E-state index contributed by atoms with van der Waals surface area (Å²) in [6, 6.07) is 0.168. The van der Waals surface area contributed by atoms with Crippen LogP contribution >= 0.6 is 12.6 Å². The summed E-state index contributed by atoms with van der Waals surface area (Å²) in [6.07, 6.45) is 2.51. The number of nitrogens with two attached hydrogens (primary N) is 1. The van der Waals surface area contributed by atoms with E-state index in [1.54, 1.807) is 6.33 Å². The summed E-state index contributed by atoms with van der Waals surface area (Å²) in [5.41, 5.74) is 7.01. The molecule has 7 heteroatoms. The van der Waals surface area contributed by atoms with Gasteiger partial charge in [-0.1, -0.05) is 6.92 Å². The van der Waals surface area contributed by atoms with Crippen molar-refractivity contribution >= 4 is 35.6 Å². The molecule has 0 aliphatic carbocycles. The number of hydrogen-bond donors (Lipinski definition) is 4. The van der Waals surface area contributed by atoms with Gasteiger partial charge in [0.05, 0.1) is 6.33 Å². The lowest BCUT2D eigenvalue weighted by Gasteiger charge is -2.30. The van der Waals surface area contributed by atoms with Crippen LogP contribution in [0, 0.1) is 0 Å². The molecule has 0 aliphatic heterocycles. The number of nitrogen functional groups attached to an aromatic ring is 1. The Morgan fingerprint density at radius 2 is 2.22 bits per heavy atom. The first kappa shape index (κ1) is 12.9. The number of thiol groups is 1. The highest BCUT2D eigenvalue weighted by Gasteiger charge is 2.25. The number of anilines is 2. The molecule has 0 radical (unpaired) electrons. The van der Waals surface area contributed by atoms with Crippen molar-refractivity contribution in [2.24, 2.45) is 0 Å². The molecule has 1 atom stereocenters. The molecule has 0 amide bonds. The van der Waals surface area contributed by atoms with Crippen molar-refractivity contribution < 1.29 is 0 Å². The fraction of sp³-hybridized carbons (Fsp3) is 0.545. The second kappa shape index (κ2) is 4.64. The monoisotopic (exact) mass is 266 g/mol. The molecule has 0 bridgehead atoms. The average Bonchev–Trinajstić information content (AvgIpc) is 2.71. The second-order valence-electron chi connectivity index (χ2n) is 4.79. The second-order valence-corrected chi connectivity index (χ2v) is 5.94. The van der Waals surface area contributed by atoms with Gasteiger partial charge in [0.2, 0.25) is 5.95 Å². The standard InChI is InChI=1S/C11H18N6S/c1-4-6(11(2,3)18)15-9-7-8(14-5-13-7)16-10(12)17-9/h5-6,18H,4H2,1-3H3,(H4,12,13,14,15,16,17). The third kappa shape index (κ3) is 2.50. The van der Waals surface area contributed by atoms with Crippen molar-refractivity contribution in [1.82, 2.24) is 19.9 Å². The van der Waals surface area contributed by atoms with Crippen LogP contribution in [-0.4, -0.2) is 30.7 Å². The first-order valence-electron chi connectivity index (χ1n) is 5.87. The molecular weight excluding hydrogens is 248 g/mol. The van der Waals surface area contributed by atoms with Crippen molar-refractivity contribution in [3.63, 3.8) is 0 Å². The van der Waals surface area contributed by atoms with Gasteiger partial charge in [0.1, 0.15) is 5.52 Å². The number of nitrogens with one attached hydrogen (secondary N) is 2. The van der Waals surface area contributed by atoms with E-state index in [-0.39, 0.29) is 16.7 Å². The first-order valence-corrected chi connectivity index (χ1v) is 6.32. The van der Waals surface area contributed by atoms with Crippen LogP contribution in [0.25, 0.3) is 11.2 Å². The number of hydrogen-bond acceptors (Lipinski definition) is 6. The van der Waals surface area contributed by atoms with Gasteiger partial charge in [0.25, 0.3) is 0 Å².